The first-order valence-corrected chi connectivity index (χ1v) is 11.5. The number of amides is 1. The number of likely N-dealkylation sites (N-methyl/N-ethyl adjacent to an activating group) is 1. The van der Waals surface area contributed by atoms with Gasteiger partial charge >= 0.3 is 0 Å². The Balaban J connectivity index is 2.03. The number of carbonyl (C=O) groups is 1. The van der Waals surface area contributed by atoms with Crippen LogP contribution in [0.15, 0.2) is 54.5 Å². The summed E-state index contributed by atoms with van der Waals surface area (Å²) in [5.41, 5.74) is 2.40. The summed E-state index contributed by atoms with van der Waals surface area (Å²) in [6.07, 6.45) is 4.42. The molecule has 0 unspecified atom stereocenters. The van der Waals surface area contributed by atoms with E-state index < -0.39 is 0 Å². The maximum absolute atomic E-state index is 12.2. The summed E-state index contributed by atoms with van der Waals surface area (Å²) in [7, 11) is 2.13. The first-order chi connectivity index (χ1) is 16.1. The van der Waals surface area contributed by atoms with Crippen LogP contribution in [0, 0.1) is 11.8 Å². The molecule has 1 fully saturated rings. The highest BCUT2D eigenvalue weighted by atomic mass is 35.5. The second kappa shape index (κ2) is 10.8. The van der Waals surface area contributed by atoms with Crippen molar-refractivity contribution in [3.63, 3.8) is 0 Å². The summed E-state index contributed by atoms with van der Waals surface area (Å²) in [5, 5.41) is 7.23. The van der Waals surface area contributed by atoms with Crippen molar-refractivity contribution in [2.75, 3.05) is 43.9 Å². The van der Waals surface area contributed by atoms with E-state index in [-0.39, 0.29) is 11.4 Å². The summed E-state index contributed by atoms with van der Waals surface area (Å²) >= 11 is 5.89. The van der Waals surface area contributed by atoms with Gasteiger partial charge in [-0.2, -0.15) is 0 Å². The zero-order valence-electron chi connectivity index (χ0n) is 20.2. The lowest BCUT2D eigenvalue weighted by molar-refractivity contribution is -0.111. The van der Waals surface area contributed by atoms with Crippen molar-refractivity contribution in [1.82, 2.24) is 19.8 Å². The molecule has 0 saturated carbocycles. The predicted octanol–water partition coefficient (Wildman–Crippen LogP) is 4.20. The SMILES string of the molecule is C=CC(=O)Nc1cc2c(N/C(C)=C/C(=C)Cl)ncnc2cc1C#CC(C)(C)N1CCN(C)CC1. The Hall–Kier alpha value is -3.18. The molecule has 34 heavy (non-hydrogen) atoms. The smallest absolute Gasteiger partial charge is 0.247 e. The largest absolute Gasteiger partial charge is 0.343 e. The molecule has 2 heterocycles. The van der Waals surface area contributed by atoms with E-state index in [2.05, 4.69) is 76.3 Å². The number of benzene rings is 1. The molecule has 1 aromatic carbocycles. The van der Waals surface area contributed by atoms with Crippen molar-refractivity contribution in [2.24, 2.45) is 0 Å². The molecular weight excluding hydrogens is 448 g/mol. The average Bonchev–Trinajstić information content (AvgIpc) is 2.77. The number of hydrogen-bond donors (Lipinski definition) is 2. The van der Waals surface area contributed by atoms with Gasteiger partial charge in [-0.3, -0.25) is 9.69 Å². The van der Waals surface area contributed by atoms with E-state index in [1.54, 1.807) is 6.08 Å². The second-order valence-corrected chi connectivity index (χ2v) is 9.31. The minimum atomic E-state index is -0.319. The van der Waals surface area contributed by atoms with E-state index in [1.165, 1.54) is 12.4 Å². The summed E-state index contributed by atoms with van der Waals surface area (Å²) < 4.78 is 0. The van der Waals surface area contributed by atoms with Gasteiger partial charge in [0.15, 0.2) is 0 Å². The number of halogens is 1. The van der Waals surface area contributed by atoms with E-state index in [0.29, 0.717) is 27.6 Å². The van der Waals surface area contributed by atoms with E-state index in [0.717, 1.165) is 37.3 Å². The van der Waals surface area contributed by atoms with Crippen LogP contribution in [0.3, 0.4) is 0 Å². The molecule has 8 heteroatoms. The van der Waals surface area contributed by atoms with Gasteiger partial charge in [0.05, 0.1) is 22.3 Å². The third kappa shape index (κ3) is 6.45. The van der Waals surface area contributed by atoms with Crippen molar-refractivity contribution >= 4 is 39.9 Å². The normalized spacial score (nSPS) is 15.4. The summed E-state index contributed by atoms with van der Waals surface area (Å²) in [4.78, 5) is 25.6. The number of fused-ring (bicyclic) bond motifs is 1. The van der Waals surface area contributed by atoms with Crippen molar-refractivity contribution in [1.29, 1.82) is 0 Å². The van der Waals surface area contributed by atoms with Crippen LogP contribution in [0.5, 0.6) is 0 Å². The molecule has 0 aliphatic carbocycles. The number of piperazine rings is 1. The van der Waals surface area contributed by atoms with Gasteiger partial charge in [0, 0.05) is 42.3 Å². The molecule has 1 aliphatic heterocycles. The van der Waals surface area contributed by atoms with Crippen LogP contribution in [0.25, 0.3) is 10.9 Å². The summed E-state index contributed by atoms with van der Waals surface area (Å²) in [6, 6.07) is 3.70. The Kier molecular flexibility index (Phi) is 8.11. The molecule has 2 N–H and O–H groups in total. The van der Waals surface area contributed by atoms with Gasteiger partial charge in [-0.25, -0.2) is 9.97 Å². The first-order valence-electron chi connectivity index (χ1n) is 11.1. The summed E-state index contributed by atoms with van der Waals surface area (Å²) in [6.45, 7) is 17.3. The maximum Gasteiger partial charge on any atom is 0.247 e. The van der Waals surface area contributed by atoms with Crippen molar-refractivity contribution in [2.45, 2.75) is 26.3 Å². The Morgan fingerprint density at radius 2 is 1.91 bits per heavy atom. The van der Waals surface area contributed by atoms with Crippen molar-refractivity contribution in [3.05, 3.63) is 60.1 Å². The zero-order chi connectivity index (χ0) is 24.9. The minimum absolute atomic E-state index is 0.318. The van der Waals surface area contributed by atoms with Gasteiger partial charge in [0.1, 0.15) is 12.1 Å². The van der Waals surface area contributed by atoms with E-state index in [1.807, 2.05) is 19.1 Å². The number of nitrogens with zero attached hydrogens (tertiary/aromatic N) is 4. The highest BCUT2D eigenvalue weighted by Crippen LogP contribution is 2.28. The topological polar surface area (TPSA) is 73.4 Å². The van der Waals surface area contributed by atoms with Crippen LogP contribution in [0.1, 0.15) is 26.3 Å². The molecule has 7 nitrogen and oxygen atoms in total. The molecule has 1 saturated heterocycles. The van der Waals surface area contributed by atoms with Gasteiger partial charge in [0.25, 0.3) is 0 Å². The molecule has 0 bridgehead atoms. The van der Waals surface area contributed by atoms with E-state index >= 15 is 0 Å². The average molecular weight is 479 g/mol. The molecule has 3 rings (SSSR count). The third-order valence-electron chi connectivity index (χ3n) is 5.70. The minimum Gasteiger partial charge on any atom is -0.343 e. The Morgan fingerprint density at radius 3 is 2.56 bits per heavy atom. The van der Waals surface area contributed by atoms with E-state index in [9.17, 15) is 4.79 Å². The number of carbonyl (C=O) groups excluding carboxylic acids is 1. The van der Waals surface area contributed by atoms with Crippen LogP contribution in [-0.2, 0) is 4.79 Å². The number of allylic oxidation sites excluding steroid dienone is 3. The molecule has 0 atom stereocenters. The summed E-state index contributed by atoms with van der Waals surface area (Å²) in [5.74, 6) is 6.98. The van der Waals surface area contributed by atoms with Gasteiger partial charge < -0.3 is 15.5 Å². The third-order valence-corrected chi connectivity index (χ3v) is 5.81. The molecule has 2 aromatic rings. The number of hydrogen-bond acceptors (Lipinski definition) is 6. The van der Waals surface area contributed by atoms with Gasteiger partial charge in [0.2, 0.25) is 5.91 Å². The quantitative estimate of drug-likeness (QED) is 0.368. The van der Waals surface area contributed by atoms with E-state index in [4.69, 9.17) is 11.6 Å². The molecular formula is C26H31ClN6O. The highest BCUT2D eigenvalue weighted by Gasteiger charge is 2.27. The predicted molar refractivity (Wildman–Crippen MR) is 141 cm³/mol. The van der Waals surface area contributed by atoms with Crippen molar-refractivity contribution in [3.8, 4) is 11.8 Å². The maximum atomic E-state index is 12.2. The van der Waals surface area contributed by atoms with Crippen LogP contribution in [0.4, 0.5) is 11.5 Å². The monoisotopic (exact) mass is 478 g/mol. The van der Waals surface area contributed by atoms with Crippen LogP contribution < -0.4 is 10.6 Å². The molecule has 0 spiro atoms. The van der Waals surface area contributed by atoms with Crippen LogP contribution >= 0.6 is 11.6 Å². The number of anilines is 2. The number of aromatic nitrogens is 2. The van der Waals surface area contributed by atoms with Crippen LogP contribution in [0.2, 0.25) is 0 Å². The van der Waals surface area contributed by atoms with Gasteiger partial charge in [-0.15, -0.1) is 0 Å². The standard InChI is InChI=1S/C26H31ClN6O/c1-7-24(34)31-22-16-21-23(28-17-29-25(21)30-19(3)14-18(2)27)15-20(22)8-9-26(4,5)33-12-10-32(6)11-13-33/h7,14-17H,1-2,10-13H2,3-6H3,(H,31,34)(H,28,29,30)/b19-14+. The van der Waals surface area contributed by atoms with Gasteiger partial charge in [-0.05, 0) is 52.1 Å². The Bertz CT molecular complexity index is 1200. The number of rotatable bonds is 6. The molecule has 178 valence electrons. The van der Waals surface area contributed by atoms with Gasteiger partial charge in [-0.1, -0.05) is 36.6 Å². The lowest BCUT2D eigenvalue weighted by atomic mass is 10.0. The fourth-order valence-electron chi connectivity index (χ4n) is 3.72. The fourth-order valence-corrected chi connectivity index (χ4v) is 3.88. The fraction of sp³-hybridized carbons (Fsp3) is 0.346. The number of nitrogens with one attached hydrogen (secondary N) is 2. The lowest BCUT2D eigenvalue weighted by Gasteiger charge is -2.40. The Labute approximate surface area is 206 Å². The van der Waals surface area contributed by atoms with Crippen LogP contribution in [-0.4, -0.2) is 64.4 Å². The lowest BCUT2D eigenvalue weighted by Crippen LogP contribution is -2.53. The first kappa shape index (κ1) is 25.4. The molecule has 1 aliphatic rings. The highest BCUT2D eigenvalue weighted by molar-refractivity contribution is 6.30. The molecule has 1 aromatic heterocycles. The zero-order valence-corrected chi connectivity index (χ0v) is 21.0. The molecule has 1 amide bonds. The molecule has 0 radical (unpaired) electrons. The second-order valence-electron chi connectivity index (χ2n) is 8.83. The Morgan fingerprint density at radius 1 is 1.21 bits per heavy atom. The van der Waals surface area contributed by atoms with Crippen molar-refractivity contribution < 1.29 is 4.79 Å².